The van der Waals surface area contributed by atoms with Gasteiger partial charge in [0.15, 0.2) is 10.3 Å². The lowest BCUT2D eigenvalue weighted by atomic mass is 10.1. The van der Waals surface area contributed by atoms with Crippen molar-refractivity contribution in [3.8, 4) is 0 Å². The summed E-state index contributed by atoms with van der Waals surface area (Å²) in [6.07, 6.45) is 1.84. The third-order valence-corrected chi connectivity index (χ3v) is 4.70. The molecule has 3 heterocycles. The molecule has 4 rings (SSSR count). The molecule has 1 aromatic carbocycles. The molecule has 0 saturated carbocycles. The van der Waals surface area contributed by atoms with Gasteiger partial charge in [0.25, 0.3) is 5.91 Å². The summed E-state index contributed by atoms with van der Waals surface area (Å²) in [5.41, 5.74) is 3.21. The molecule has 0 unspecified atom stereocenters. The molecule has 1 amide bonds. The first-order valence-corrected chi connectivity index (χ1v) is 7.61. The molecule has 0 atom stereocenters. The molecule has 100 valence electrons. The Morgan fingerprint density at radius 1 is 1.40 bits per heavy atom. The monoisotopic (exact) mass is 303 g/mol. The van der Waals surface area contributed by atoms with Crippen LogP contribution in [-0.2, 0) is 11.3 Å². The lowest BCUT2D eigenvalue weighted by Gasteiger charge is -2.01. The fourth-order valence-electron chi connectivity index (χ4n) is 2.53. The van der Waals surface area contributed by atoms with E-state index in [0.717, 1.165) is 34.4 Å². The minimum atomic E-state index is -0.0940. The number of benzene rings is 1. The highest BCUT2D eigenvalue weighted by atomic mass is 35.5. The van der Waals surface area contributed by atoms with Crippen LogP contribution in [0.3, 0.4) is 0 Å². The number of halogens is 1. The molecule has 0 radical (unpaired) electrons. The number of imidazole rings is 1. The van der Waals surface area contributed by atoms with E-state index in [4.69, 9.17) is 11.6 Å². The smallest absolute Gasteiger partial charge is 0.256 e. The number of para-hydroxylation sites is 1. The van der Waals surface area contributed by atoms with Crippen molar-refractivity contribution in [3.05, 3.63) is 40.7 Å². The molecule has 1 aromatic heterocycles. The van der Waals surface area contributed by atoms with Crippen molar-refractivity contribution >= 4 is 46.6 Å². The summed E-state index contributed by atoms with van der Waals surface area (Å²) in [6.45, 7) is 0.877. The van der Waals surface area contributed by atoms with Gasteiger partial charge < -0.3 is 9.88 Å². The van der Waals surface area contributed by atoms with Gasteiger partial charge in [-0.3, -0.25) is 4.79 Å². The van der Waals surface area contributed by atoms with Crippen LogP contribution in [0.15, 0.2) is 29.4 Å². The molecule has 0 aliphatic carbocycles. The number of fused-ring (bicyclic) bond motifs is 2. The Hall–Kier alpha value is -1.72. The molecule has 2 aromatic rings. The fourth-order valence-corrected chi connectivity index (χ4v) is 3.77. The third kappa shape index (κ3) is 1.70. The summed E-state index contributed by atoms with van der Waals surface area (Å²) in [4.78, 5) is 16.4. The van der Waals surface area contributed by atoms with Gasteiger partial charge in [-0.25, -0.2) is 4.98 Å². The SMILES string of the molecule is O=C1Nc2ccccc2/C1=C\c1c(Cl)nc2n1CCS2. The highest BCUT2D eigenvalue weighted by Crippen LogP contribution is 2.36. The van der Waals surface area contributed by atoms with Crippen molar-refractivity contribution in [2.24, 2.45) is 0 Å². The predicted molar refractivity (Wildman–Crippen MR) is 80.9 cm³/mol. The molecule has 2 aliphatic rings. The number of carbonyl (C=O) groups excluding carboxylic acids is 1. The first kappa shape index (κ1) is 12.1. The van der Waals surface area contributed by atoms with E-state index >= 15 is 0 Å². The zero-order valence-electron chi connectivity index (χ0n) is 10.4. The number of rotatable bonds is 1. The minimum absolute atomic E-state index is 0.0940. The maximum Gasteiger partial charge on any atom is 0.256 e. The van der Waals surface area contributed by atoms with Crippen LogP contribution in [0.4, 0.5) is 5.69 Å². The average molecular weight is 304 g/mol. The predicted octanol–water partition coefficient (Wildman–Crippen LogP) is 3.13. The van der Waals surface area contributed by atoms with Crippen molar-refractivity contribution in [1.29, 1.82) is 0 Å². The number of amides is 1. The molecule has 20 heavy (non-hydrogen) atoms. The van der Waals surface area contributed by atoms with Crippen LogP contribution in [0.5, 0.6) is 0 Å². The number of anilines is 1. The Kier molecular flexibility index (Phi) is 2.65. The zero-order chi connectivity index (χ0) is 13.7. The standard InChI is InChI=1S/C14H10ClN3OS/c15-12-11(18-5-6-20-14(18)17-12)7-9-8-3-1-2-4-10(8)16-13(9)19/h1-4,7H,5-6H2,(H,16,19)/b9-7+. The van der Waals surface area contributed by atoms with E-state index in [-0.39, 0.29) is 5.91 Å². The van der Waals surface area contributed by atoms with E-state index in [1.807, 2.05) is 30.3 Å². The number of hydrogen-bond acceptors (Lipinski definition) is 3. The van der Waals surface area contributed by atoms with Crippen molar-refractivity contribution in [3.63, 3.8) is 0 Å². The van der Waals surface area contributed by atoms with Gasteiger partial charge in [-0.05, 0) is 12.1 Å². The summed E-state index contributed by atoms with van der Waals surface area (Å²) < 4.78 is 2.06. The van der Waals surface area contributed by atoms with Crippen LogP contribution in [-0.4, -0.2) is 21.2 Å². The first-order chi connectivity index (χ1) is 9.74. The Morgan fingerprint density at radius 3 is 3.15 bits per heavy atom. The molecular formula is C14H10ClN3OS. The number of hydrogen-bond donors (Lipinski definition) is 1. The van der Waals surface area contributed by atoms with Crippen LogP contribution in [0, 0.1) is 0 Å². The molecule has 0 bridgehead atoms. The Bertz CT molecular complexity index is 766. The van der Waals surface area contributed by atoms with E-state index in [1.54, 1.807) is 11.8 Å². The number of nitrogens with one attached hydrogen (secondary N) is 1. The van der Waals surface area contributed by atoms with Gasteiger partial charge in [-0.2, -0.15) is 0 Å². The van der Waals surface area contributed by atoms with E-state index in [0.29, 0.717) is 10.7 Å². The second kappa shape index (κ2) is 4.40. The fraction of sp³-hybridized carbons (Fsp3) is 0.143. The van der Waals surface area contributed by atoms with Crippen molar-refractivity contribution in [1.82, 2.24) is 9.55 Å². The highest BCUT2D eigenvalue weighted by molar-refractivity contribution is 7.99. The van der Waals surface area contributed by atoms with Gasteiger partial charge in [0.1, 0.15) is 0 Å². The Labute approximate surface area is 124 Å². The summed E-state index contributed by atoms with van der Waals surface area (Å²) in [5, 5.41) is 4.24. The molecule has 0 saturated heterocycles. The van der Waals surface area contributed by atoms with E-state index in [1.165, 1.54) is 0 Å². The molecule has 0 fully saturated rings. The average Bonchev–Trinajstić information content (AvgIpc) is 3.07. The van der Waals surface area contributed by atoms with Crippen molar-refractivity contribution in [2.45, 2.75) is 11.7 Å². The lowest BCUT2D eigenvalue weighted by Crippen LogP contribution is -2.04. The van der Waals surface area contributed by atoms with E-state index < -0.39 is 0 Å². The van der Waals surface area contributed by atoms with Gasteiger partial charge in [0.05, 0.1) is 11.3 Å². The van der Waals surface area contributed by atoms with Gasteiger partial charge >= 0.3 is 0 Å². The van der Waals surface area contributed by atoms with Gasteiger partial charge in [0.2, 0.25) is 0 Å². The largest absolute Gasteiger partial charge is 0.321 e. The second-order valence-electron chi connectivity index (χ2n) is 4.63. The van der Waals surface area contributed by atoms with Crippen molar-refractivity contribution in [2.75, 3.05) is 11.1 Å². The zero-order valence-corrected chi connectivity index (χ0v) is 12.0. The van der Waals surface area contributed by atoms with Gasteiger partial charge in [-0.15, -0.1) is 0 Å². The number of aromatic nitrogens is 2. The molecule has 4 nitrogen and oxygen atoms in total. The number of thioether (sulfide) groups is 1. The highest BCUT2D eigenvalue weighted by Gasteiger charge is 2.26. The van der Waals surface area contributed by atoms with Crippen LogP contribution in [0.25, 0.3) is 11.6 Å². The molecule has 0 spiro atoms. The van der Waals surface area contributed by atoms with Gasteiger partial charge in [-0.1, -0.05) is 41.6 Å². The van der Waals surface area contributed by atoms with E-state index in [9.17, 15) is 4.79 Å². The van der Waals surface area contributed by atoms with Crippen LogP contribution in [0.1, 0.15) is 11.3 Å². The Balaban J connectivity index is 1.87. The Morgan fingerprint density at radius 2 is 2.25 bits per heavy atom. The van der Waals surface area contributed by atoms with Crippen LogP contribution in [0.2, 0.25) is 5.15 Å². The van der Waals surface area contributed by atoms with E-state index in [2.05, 4.69) is 14.9 Å². The molecule has 6 heteroatoms. The molecule has 1 N–H and O–H groups in total. The number of carbonyl (C=O) groups is 1. The lowest BCUT2D eigenvalue weighted by molar-refractivity contribution is -0.110. The van der Waals surface area contributed by atoms with Crippen LogP contribution >= 0.6 is 23.4 Å². The molecule has 2 aliphatic heterocycles. The minimum Gasteiger partial charge on any atom is -0.321 e. The maximum atomic E-state index is 12.1. The summed E-state index contributed by atoms with van der Waals surface area (Å²) >= 11 is 7.88. The second-order valence-corrected chi connectivity index (χ2v) is 6.05. The third-order valence-electron chi connectivity index (χ3n) is 3.46. The quantitative estimate of drug-likeness (QED) is 0.823. The first-order valence-electron chi connectivity index (χ1n) is 6.25. The van der Waals surface area contributed by atoms with Crippen LogP contribution < -0.4 is 5.32 Å². The molecular weight excluding hydrogens is 294 g/mol. The normalized spacial score (nSPS) is 18.2. The topological polar surface area (TPSA) is 46.9 Å². The summed E-state index contributed by atoms with van der Waals surface area (Å²) in [7, 11) is 0. The number of nitrogens with zero attached hydrogens (tertiary/aromatic N) is 2. The maximum absolute atomic E-state index is 12.1. The van der Waals surface area contributed by atoms with Gasteiger partial charge in [0, 0.05) is 23.5 Å². The summed E-state index contributed by atoms with van der Waals surface area (Å²) in [6, 6.07) is 7.66. The summed E-state index contributed by atoms with van der Waals surface area (Å²) in [5.74, 6) is 0.904. The van der Waals surface area contributed by atoms with Crippen molar-refractivity contribution < 1.29 is 4.79 Å².